The Labute approximate surface area is 149 Å². The zero-order chi connectivity index (χ0) is 19.1. The molecule has 1 fully saturated rings. The summed E-state index contributed by atoms with van der Waals surface area (Å²) < 4.78 is 17.2. The number of anilines is 1. The highest BCUT2D eigenvalue weighted by Crippen LogP contribution is 2.40. The van der Waals surface area contributed by atoms with Crippen LogP contribution in [0, 0.1) is 0 Å². The fourth-order valence-electron chi connectivity index (χ4n) is 3.03. The van der Waals surface area contributed by atoms with Crippen molar-refractivity contribution in [3.63, 3.8) is 0 Å². The van der Waals surface area contributed by atoms with Crippen molar-refractivity contribution in [2.45, 2.75) is 50.8 Å². The maximum Gasteiger partial charge on any atom is 0.508 e. The van der Waals surface area contributed by atoms with Crippen LogP contribution >= 0.6 is 0 Å². The summed E-state index contributed by atoms with van der Waals surface area (Å²) in [5.41, 5.74) is 5.57. The van der Waals surface area contributed by atoms with E-state index in [9.17, 15) is 15.0 Å². The number of aliphatic hydroxyl groups is 2. The van der Waals surface area contributed by atoms with E-state index < -0.39 is 30.1 Å². The van der Waals surface area contributed by atoms with Crippen molar-refractivity contribution >= 4 is 17.5 Å². The van der Waals surface area contributed by atoms with E-state index >= 15 is 0 Å². The first-order chi connectivity index (χ1) is 12.2. The quantitative estimate of drug-likeness (QED) is 0.647. The van der Waals surface area contributed by atoms with Crippen molar-refractivity contribution < 1.29 is 29.2 Å². The summed E-state index contributed by atoms with van der Waals surface area (Å²) in [5, 5.41) is 25.0. The second-order valence-corrected chi connectivity index (χ2v) is 6.59. The first kappa shape index (κ1) is 18.4. The highest BCUT2D eigenvalue weighted by atomic mass is 16.7. The van der Waals surface area contributed by atoms with Gasteiger partial charge in [-0.15, -0.1) is 0 Å². The van der Waals surface area contributed by atoms with Gasteiger partial charge < -0.3 is 30.2 Å². The lowest BCUT2D eigenvalue weighted by Gasteiger charge is -2.27. The van der Waals surface area contributed by atoms with Gasteiger partial charge in [-0.1, -0.05) is 0 Å². The number of nitrogens with two attached hydrogens (primary N) is 1. The van der Waals surface area contributed by atoms with Gasteiger partial charge in [-0.05, 0) is 32.9 Å². The molecule has 0 bridgehead atoms. The Kier molecular flexibility index (Phi) is 4.74. The molecule has 1 saturated heterocycles. The average Bonchev–Trinajstić information content (AvgIpc) is 3.10. The Morgan fingerprint density at radius 3 is 2.88 bits per heavy atom. The Bertz CT molecular complexity index is 809. The van der Waals surface area contributed by atoms with Crippen LogP contribution in [0.25, 0.3) is 5.52 Å². The number of aromatic nitrogens is 3. The minimum absolute atomic E-state index is 0.264. The molecule has 0 unspecified atom stereocenters. The van der Waals surface area contributed by atoms with Crippen LogP contribution in [0.15, 0.2) is 18.5 Å². The molecule has 0 saturated carbocycles. The lowest BCUT2D eigenvalue weighted by molar-refractivity contribution is -0.0947. The third-order valence-electron chi connectivity index (χ3n) is 4.35. The Hall–Kier alpha value is -2.43. The summed E-state index contributed by atoms with van der Waals surface area (Å²) in [7, 11) is 0. The molecule has 1 aliphatic rings. The van der Waals surface area contributed by atoms with Crippen molar-refractivity contribution in [1.29, 1.82) is 0 Å². The van der Waals surface area contributed by atoms with E-state index in [4.69, 9.17) is 19.9 Å². The largest absolute Gasteiger partial charge is 0.508 e. The molecule has 0 amide bonds. The van der Waals surface area contributed by atoms with Gasteiger partial charge in [0.2, 0.25) is 0 Å². The molecule has 10 nitrogen and oxygen atoms in total. The van der Waals surface area contributed by atoms with Crippen LogP contribution in [0.1, 0.15) is 26.5 Å². The van der Waals surface area contributed by atoms with Gasteiger partial charge in [0.15, 0.2) is 5.82 Å². The van der Waals surface area contributed by atoms with E-state index in [1.165, 1.54) is 10.8 Å². The van der Waals surface area contributed by atoms with E-state index in [1.54, 1.807) is 32.9 Å². The fraction of sp³-hybridized carbons (Fsp3) is 0.562. The third-order valence-corrected chi connectivity index (χ3v) is 4.35. The van der Waals surface area contributed by atoms with Crippen LogP contribution in [0.2, 0.25) is 0 Å². The first-order valence-corrected chi connectivity index (χ1v) is 8.20. The van der Waals surface area contributed by atoms with E-state index in [0.29, 0.717) is 11.2 Å². The summed E-state index contributed by atoms with van der Waals surface area (Å²) in [6.07, 6.45) is -3.38. The van der Waals surface area contributed by atoms with E-state index in [2.05, 4.69) is 10.1 Å². The topological polar surface area (TPSA) is 141 Å². The number of ether oxygens (including phenoxy) is 3. The lowest BCUT2D eigenvalue weighted by atomic mass is 9.93. The van der Waals surface area contributed by atoms with Crippen molar-refractivity contribution in [3.05, 3.63) is 24.2 Å². The molecule has 0 spiro atoms. The highest BCUT2D eigenvalue weighted by Gasteiger charge is 2.54. The molecule has 26 heavy (non-hydrogen) atoms. The van der Waals surface area contributed by atoms with Gasteiger partial charge in [-0.3, -0.25) is 0 Å². The molecule has 2 aromatic rings. The van der Waals surface area contributed by atoms with Gasteiger partial charge in [-0.2, -0.15) is 5.10 Å². The van der Waals surface area contributed by atoms with Gasteiger partial charge in [-0.25, -0.2) is 14.3 Å². The summed E-state index contributed by atoms with van der Waals surface area (Å²) in [4.78, 5) is 15.4. The molecule has 0 aliphatic carbocycles. The second kappa shape index (κ2) is 6.71. The van der Waals surface area contributed by atoms with Crippen LogP contribution in [0.5, 0.6) is 0 Å². The Morgan fingerprint density at radius 1 is 1.46 bits per heavy atom. The zero-order valence-corrected chi connectivity index (χ0v) is 14.7. The van der Waals surface area contributed by atoms with Crippen molar-refractivity contribution in [3.8, 4) is 0 Å². The third kappa shape index (κ3) is 3.06. The van der Waals surface area contributed by atoms with Crippen LogP contribution in [0.4, 0.5) is 10.6 Å². The normalized spacial score (nSPS) is 28.6. The van der Waals surface area contributed by atoms with Crippen molar-refractivity contribution in [2.75, 3.05) is 12.3 Å². The van der Waals surface area contributed by atoms with Crippen LogP contribution in [-0.2, 0) is 19.8 Å². The van der Waals surface area contributed by atoms with Gasteiger partial charge in [0.1, 0.15) is 42.4 Å². The molecular weight excluding hydrogens is 344 g/mol. The summed E-state index contributed by atoms with van der Waals surface area (Å²) >= 11 is 0. The number of hydrogen-bond donors (Lipinski definition) is 3. The van der Waals surface area contributed by atoms with Crippen LogP contribution in [0.3, 0.4) is 0 Å². The SMILES string of the molecule is CC(C)OC(=O)OC[C@H]1O[C@@](C)(c2ccc3c(N)ncnn23)[C@H](O)[C@@H]1O. The second-order valence-electron chi connectivity index (χ2n) is 6.59. The maximum absolute atomic E-state index is 11.5. The predicted octanol–water partition coefficient (Wildman–Crippen LogP) is 0.209. The van der Waals surface area contributed by atoms with Crippen molar-refractivity contribution in [1.82, 2.24) is 14.6 Å². The van der Waals surface area contributed by atoms with Crippen LogP contribution in [-0.4, -0.2) is 62.0 Å². The number of carbonyl (C=O) groups is 1. The first-order valence-electron chi connectivity index (χ1n) is 8.20. The lowest BCUT2D eigenvalue weighted by Crippen LogP contribution is -2.39. The molecule has 0 radical (unpaired) electrons. The molecule has 1 aliphatic heterocycles. The number of nitrogen functional groups attached to an aromatic ring is 1. The number of carbonyl (C=O) groups excluding carboxylic acids is 1. The fourth-order valence-corrected chi connectivity index (χ4v) is 3.03. The number of fused-ring (bicyclic) bond motifs is 1. The summed E-state index contributed by atoms with van der Waals surface area (Å²) in [6, 6.07) is 3.38. The van der Waals surface area contributed by atoms with E-state index in [1.807, 2.05) is 0 Å². The molecule has 2 aromatic heterocycles. The average molecular weight is 366 g/mol. The molecule has 10 heteroatoms. The molecule has 3 rings (SSSR count). The monoisotopic (exact) mass is 366 g/mol. The number of hydrogen-bond acceptors (Lipinski definition) is 9. The van der Waals surface area contributed by atoms with Crippen LogP contribution < -0.4 is 5.73 Å². The van der Waals surface area contributed by atoms with E-state index in [0.717, 1.165) is 0 Å². The molecule has 4 atom stereocenters. The summed E-state index contributed by atoms with van der Waals surface area (Å²) in [5.74, 6) is 0.277. The molecule has 142 valence electrons. The number of aliphatic hydroxyl groups excluding tert-OH is 2. The summed E-state index contributed by atoms with van der Waals surface area (Å²) in [6.45, 7) is 4.73. The van der Waals surface area contributed by atoms with Gasteiger partial charge in [0.25, 0.3) is 0 Å². The standard InChI is InChI=1S/C16H22N4O6/c1-8(2)25-15(23)24-6-10-12(21)13(22)16(3,26-10)11-5-4-9-14(17)18-7-19-20(9)11/h4-5,7-8,10,12-13,21-22H,6H2,1-3H3,(H2,17,18,19)/t10-,12-,13-,16+/m1/s1. The maximum atomic E-state index is 11.5. The minimum Gasteiger partial charge on any atom is -0.432 e. The highest BCUT2D eigenvalue weighted by molar-refractivity contribution is 5.65. The van der Waals surface area contributed by atoms with E-state index in [-0.39, 0.29) is 18.5 Å². The van der Waals surface area contributed by atoms with Gasteiger partial charge in [0, 0.05) is 0 Å². The predicted molar refractivity (Wildman–Crippen MR) is 89.2 cm³/mol. The number of nitrogens with zero attached hydrogens (tertiary/aromatic N) is 3. The molecule has 4 N–H and O–H groups in total. The number of rotatable bonds is 4. The Morgan fingerprint density at radius 2 is 2.19 bits per heavy atom. The molecule has 3 heterocycles. The smallest absolute Gasteiger partial charge is 0.432 e. The molecule has 0 aromatic carbocycles. The zero-order valence-electron chi connectivity index (χ0n) is 14.7. The van der Waals surface area contributed by atoms with Gasteiger partial charge >= 0.3 is 6.16 Å². The minimum atomic E-state index is -1.29. The van der Waals surface area contributed by atoms with Gasteiger partial charge in [0.05, 0.1) is 11.8 Å². The van der Waals surface area contributed by atoms with Crippen molar-refractivity contribution in [2.24, 2.45) is 0 Å². The Balaban J connectivity index is 1.81. The molecular formula is C16H22N4O6.